The van der Waals surface area contributed by atoms with Gasteiger partial charge in [-0.25, -0.2) is 0 Å². The van der Waals surface area contributed by atoms with Crippen LogP contribution >= 0.6 is 0 Å². The standard InChI is InChI=1S/C13H16O2/c1-2-10-5-3-4-6-13(10)15-9-12(14)11-7-8-11/h3-6,11H,2,7-9H2,1H3. The predicted molar refractivity (Wildman–Crippen MR) is 59.0 cm³/mol. The molecule has 0 bridgehead atoms. The minimum Gasteiger partial charge on any atom is -0.486 e. The molecule has 0 saturated heterocycles. The van der Waals surface area contributed by atoms with Crippen LogP contribution in [0.5, 0.6) is 5.75 Å². The smallest absolute Gasteiger partial charge is 0.173 e. The van der Waals surface area contributed by atoms with Crippen molar-refractivity contribution in [3.8, 4) is 5.75 Å². The highest BCUT2D eigenvalue weighted by molar-refractivity contribution is 5.84. The first-order chi connectivity index (χ1) is 7.31. The number of rotatable bonds is 5. The average Bonchev–Trinajstić information content (AvgIpc) is 3.10. The van der Waals surface area contributed by atoms with Gasteiger partial charge in [-0.15, -0.1) is 0 Å². The summed E-state index contributed by atoms with van der Waals surface area (Å²) < 4.78 is 5.54. The van der Waals surface area contributed by atoms with Gasteiger partial charge in [0.25, 0.3) is 0 Å². The van der Waals surface area contributed by atoms with E-state index in [0.717, 1.165) is 25.0 Å². The van der Waals surface area contributed by atoms with Gasteiger partial charge in [0.05, 0.1) is 0 Å². The lowest BCUT2D eigenvalue weighted by atomic mass is 10.1. The summed E-state index contributed by atoms with van der Waals surface area (Å²) in [5, 5.41) is 0. The first-order valence-corrected chi connectivity index (χ1v) is 5.54. The zero-order chi connectivity index (χ0) is 10.7. The molecule has 1 aliphatic rings. The van der Waals surface area contributed by atoms with E-state index in [4.69, 9.17) is 4.74 Å². The van der Waals surface area contributed by atoms with Gasteiger partial charge in [-0.05, 0) is 30.9 Å². The van der Waals surface area contributed by atoms with Crippen molar-refractivity contribution < 1.29 is 9.53 Å². The molecule has 0 amide bonds. The molecule has 1 fully saturated rings. The van der Waals surface area contributed by atoms with Gasteiger partial charge in [0.2, 0.25) is 0 Å². The number of aryl methyl sites for hydroxylation is 1. The molecule has 1 aromatic carbocycles. The first kappa shape index (κ1) is 10.2. The van der Waals surface area contributed by atoms with E-state index in [-0.39, 0.29) is 12.4 Å². The van der Waals surface area contributed by atoms with E-state index in [2.05, 4.69) is 6.92 Å². The molecular formula is C13H16O2. The number of hydrogen-bond donors (Lipinski definition) is 0. The van der Waals surface area contributed by atoms with Crippen LogP contribution in [0, 0.1) is 5.92 Å². The summed E-state index contributed by atoms with van der Waals surface area (Å²) in [5.41, 5.74) is 1.17. The number of ketones is 1. The average molecular weight is 204 g/mol. The quantitative estimate of drug-likeness (QED) is 0.737. The van der Waals surface area contributed by atoms with Crippen LogP contribution in [0.15, 0.2) is 24.3 Å². The Hall–Kier alpha value is -1.31. The largest absolute Gasteiger partial charge is 0.486 e. The third-order valence-corrected chi connectivity index (χ3v) is 2.76. The van der Waals surface area contributed by atoms with Crippen LogP contribution in [0.2, 0.25) is 0 Å². The second-order valence-corrected chi connectivity index (χ2v) is 3.99. The van der Waals surface area contributed by atoms with Gasteiger partial charge in [0, 0.05) is 5.92 Å². The van der Waals surface area contributed by atoms with Crippen molar-refractivity contribution in [3.05, 3.63) is 29.8 Å². The number of carbonyl (C=O) groups is 1. The summed E-state index contributed by atoms with van der Waals surface area (Å²) in [4.78, 5) is 11.5. The Morgan fingerprint density at radius 1 is 1.40 bits per heavy atom. The molecule has 1 saturated carbocycles. The number of ether oxygens (including phenoxy) is 1. The predicted octanol–water partition coefficient (Wildman–Crippen LogP) is 2.61. The van der Waals surface area contributed by atoms with Crippen LogP contribution in [-0.4, -0.2) is 12.4 Å². The molecule has 2 heteroatoms. The molecule has 0 heterocycles. The highest BCUT2D eigenvalue weighted by Crippen LogP contribution is 2.30. The molecule has 0 aromatic heterocycles. The normalized spacial score (nSPS) is 15.0. The molecule has 0 aliphatic heterocycles. The second-order valence-electron chi connectivity index (χ2n) is 3.99. The van der Waals surface area contributed by atoms with Crippen molar-refractivity contribution in [2.45, 2.75) is 26.2 Å². The second kappa shape index (κ2) is 4.47. The van der Waals surface area contributed by atoms with Crippen molar-refractivity contribution in [1.29, 1.82) is 0 Å². The SMILES string of the molecule is CCc1ccccc1OCC(=O)C1CC1. The Kier molecular flexibility index (Phi) is 3.05. The molecule has 0 atom stereocenters. The molecule has 1 aliphatic carbocycles. The van der Waals surface area contributed by atoms with Gasteiger partial charge in [-0.3, -0.25) is 4.79 Å². The Labute approximate surface area is 90.3 Å². The maximum absolute atomic E-state index is 11.5. The number of hydrogen-bond acceptors (Lipinski definition) is 2. The molecular weight excluding hydrogens is 188 g/mol. The molecule has 0 radical (unpaired) electrons. The molecule has 80 valence electrons. The fourth-order valence-electron chi connectivity index (χ4n) is 1.61. The van der Waals surface area contributed by atoms with E-state index in [1.807, 2.05) is 24.3 Å². The third kappa shape index (κ3) is 2.58. The van der Waals surface area contributed by atoms with Gasteiger partial charge in [0.15, 0.2) is 5.78 Å². The lowest BCUT2D eigenvalue weighted by Crippen LogP contribution is -2.13. The van der Waals surface area contributed by atoms with E-state index in [1.165, 1.54) is 5.56 Å². The zero-order valence-electron chi connectivity index (χ0n) is 9.03. The van der Waals surface area contributed by atoms with Crippen LogP contribution in [-0.2, 0) is 11.2 Å². The molecule has 1 aromatic rings. The van der Waals surface area contributed by atoms with Gasteiger partial charge < -0.3 is 4.74 Å². The minimum atomic E-state index is 0.238. The zero-order valence-corrected chi connectivity index (χ0v) is 9.03. The van der Waals surface area contributed by atoms with E-state index >= 15 is 0 Å². The number of carbonyl (C=O) groups excluding carboxylic acids is 1. The summed E-state index contributed by atoms with van der Waals surface area (Å²) in [6, 6.07) is 7.90. The van der Waals surface area contributed by atoms with Crippen molar-refractivity contribution in [2.75, 3.05) is 6.61 Å². The summed E-state index contributed by atoms with van der Waals surface area (Å²) in [6.07, 6.45) is 3.04. The molecule has 0 N–H and O–H groups in total. The van der Waals surface area contributed by atoms with Crippen molar-refractivity contribution in [3.63, 3.8) is 0 Å². The summed E-state index contributed by atoms with van der Waals surface area (Å²) in [7, 11) is 0. The highest BCUT2D eigenvalue weighted by Gasteiger charge is 2.29. The maximum atomic E-state index is 11.5. The minimum absolute atomic E-state index is 0.238. The highest BCUT2D eigenvalue weighted by atomic mass is 16.5. The molecule has 2 rings (SSSR count). The van der Waals surface area contributed by atoms with E-state index < -0.39 is 0 Å². The van der Waals surface area contributed by atoms with Crippen molar-refractivity contribution in [1.82, 2.24) is 0 Å². The summed E-state index contributed by atoms with van der Waals surface area (Å²) in [5.74, 6) is 1.40. The summed E-state index contributed by atoms with van der Waals surface area (Å²) in [6.45, 7) is 2.33. The Morgan fingerprint density at radius 2 is 2.13 bits per heavy atom. The summed E-state index contributed by atoms with van der Waals surface area (Å²) >= 11 is 0. The van der Waals surface area contributed by atoms with Crippen LogP contribution in [0.3, 0.4) is 0 Å². The van der Waals surface area contributed by atoms with Gasteiger partial charge >= 0.3 is 0 Å². The molecule has 0 unspecified atom stereocenters. The van der Waals surface area contributed by atoms with E-state index in [9.17, 15) is 4.79 Å². The lowest BCUT2D eigenvalue weighted by Gasteiger charge is -2.08. The maximum Gasteiger partial charge on any atom is 0.173 e. The monoisotopic (exact) mass is 204 g/mol. The van der Waals surface area contributed by atoms with E-state index in [0.29, 0.717) is 5.92 Å². The van der Waals surface area contributed by atoms with Crippen LogP contribution in [0.25, 0.3) is 0 Å². The van der Waals surface area contributed by atoms with Gasteiger partial charge in [-0.2, -0.15) is 0 Å². The van der Waals surface area contributed by atoms with Crippen molar-refractivity contribution >= 4 is 5.78 Å². The Balaban J connectivity index is 1.94. The van der Waals surface area contributed by atoms with Crippen LogP contribution in [0.4, 0.5) is 0 Å². The van der Waals surface area contributed by atoms with Crippen molar-refractivity contribution in [2.24, 2.45) is 5.92 Å². The number of para-hydroxylation sites is 1. The molecule has 2 nitrogen and oxygen atoms in total. The number of Topliss-reactive ketones (excluding diaryl/α,β-unsaturated/α-hetero) is 1. The lowest BCUT2D eigenvalue weighted by molar-refractivity contribution is -0.122. The Bertz CT molecular complexity index is 353. The van der Waals surface area contributed by atoms with Crippen LogP contribution < -0.4 is 4.74 Å². The number of benzene rings is 1. The fraction of sp³-hybridized carbons (Fsp3) is 0.462. The first-order valence-electron chi connectivity index (χ1n) is 5.54. The molecule has 15 heavy (non-hydrogen) atoms. The topological polar surface area (TPSA) is 26.3 Å². The third-order valence-electron chi connectivity index (χ3n) is 2.76. The Morgan fingerprint density at radius 3 is 2.80 bits per heavy atom. The van der Waals surface area contributed by atoms with Gasteiger partial charge in [-0.1, -0.05) is 25.1 Å². The fourth-order valence-corrected chi connectivity index (χ4v) is 1.61. The van der Waals surface area contributed by atoms with E-state index in [1.54, 1.807) is 0 Å². The molecule has 0 spiro atoms. The van der Waals surface area contributed by atoms with Gasteiger partial charge in [0.1, 0.15) is 12.4 Å². The van der Waals surface area contributed by atoms with Crippen LogP contribution in [0.1, 0.15) is 25.3 Å².